The van der Waals surface area contributed by atoms with Crippen molar-refractivity contribution in [1.82, 2.24) is 5.32 Å². The summed E-state index contributed by atoms with van der Waals surface area (Å²) in [5.41, 5.74) is 2.99. The Morgan fingerprint density at radius 1 is 0.969 bits per heavy atom. The molecule has 32 heavy (non-hydrogen) atoms. The highest BCUT2D eigenvalue weighted by atomic mass is 32.2. The largest absolute Gasteiger partial charge is 0.496 e. The highest BCUT2D eigenvalue weighted by Gasteiger charge is 2.28. The number of aryl methyl sites for hydroxylation is 2. The summed E-state index contributed by atoms with van der Waals surface area (Å²) < 4.78 is 33.6. The lowest BCUT2D eigenvalue weighted by Crippen LogP contribution is -2.42. The van der Waals surface area contributed by atoms with Crippen molar-refractivity contribution in [2.75, 3.05) is 18.0 Å². The fourth-order valence-corrected chi connectivity index (χ4v) is 4.99. The van der Waals surface area contributed by atoms with Gasteiger partial charge in [0.2, 0.25) is 5.91 Å². The van der Waals surface area contributed by atoms with E-state index in [1.54, 1.807) is 43.5 Å². The Bertz CT molecular complexity index is 1190. The normalized spacial score (nSPS) is 12.1. The van der Waals surface area contributed by atoms with Crippen LogP contribution in [0.4, 0.5) is 5.69 Å². The van der Waals surface area contributed by atoms with E-state index in [1.807, 2.05) is 57.2 Å². The summed E-state index contributed by atoms with van der Waals surface area (Å²) in [4.78, 5) is 13.1. The fourth-order valence-electron chi connectivity index (χ4n) is 3.50. The van der Waals surface area contributed by atoms with Crippen LogP contribution in [0.15, 0.2) is 77.7 Å². The van der Waals surface area contributed by atoms with E-state index in [4.69, 9.17) is 4.74 Å². The van der Waals surface area contributed by atoms with Gasteiger partial charge in [-0.15, -0.1) is 0 Å². The van der Waals surface area contributed by atoms with Gasteiger partial charge < -0.3 is 10.1 Å². The first-order valence-electron chi connectivity index (χ1n) is 10.3. The van der Waals surface area contributed by atoms with Gasteiger partial charge >= 0.3 is 0 Å². The molecule has 7 heteroatoms. The number of nitrogens with zero attached hydrogens (tertiary/aromatic N) is 1. The van der Waals surface area contributed by atoms with Crippen molar-refractivity contribution in [3.05, 3.63) is 89.5 Å². The van der Waals surface area contributed by atoms with Crippen LogP contribution in [0.5, 0.6) is 5.75 Å². The average Bonchev–Trinajstić information content (AvgIpc) is 2.78. The van der Waals surface area contributed by atoms with Gasteiger partial charge in [-0.2, -0.15) is 0 Å². The Hall–Kier alpha value is -3.32. The molecule has 0 spiro atoms. The van der Waals surface area contributed by atoms with E-state index in [0.29, 0.717) is 11.4 Å². The summed E-state index contributed by atoms with van der Waals surface area (Å²) >= 11 is 0. The number of hydrogen-bond acceptors (Lipinski definition) is 4. The van der Waals surface area contributed by atoms with Gasteiger partial charge in [-0.1, -0.05) is 54.1 Å². The van der Waals surface area contributed by atoms with Crippen molar-refractivity contribution < 1.29 is 17.9 Å². The van der Waals surface area contributed by atoms with E-state index in [9.17, 15) is 13.2 Å². The van der Waals surface area contributed by atoms with Gasteiger partial charge in [0.1, 0.15) is 12.3 Å². The fraction of sp³-hybridized carbons (Fsp3) is 0.240. The molecule has 0 aliphatic carbocycles. The van der Waals surface area contributed by atoms with E-state index in [0.717, 1.165) is 21.0 Å². The number of carbonyl (C=O) groups excluding carboxylic acids is 1. The number of amides is 1. The molecule has 168 valence electrons. The average molecular weight is 453 g/mol. The van der Waals surface area contributed by atoms with Crippen LogP contribution < -0.4 is 14.4 Å². The molecule has 0 aromatic heterocycles. The third kappa shape index (κ3) is 5.11. The summed E-state index contributed by atoms with van der Waals surface area (Å²) in [6.07, 6.45) is 0. The lowest BCUT2D eigenvalue weighted by Gasteiger charge is -2.26. The summed E-state index contributed by atoms with van der Waals surface area (Å²) in [5, 5.41) is 2.90. The van der Waals surface area contributed by atoms with Crippen molar-refractivity contribution in [1.29, 1.82) is 0 Å². The Morgan fingerprint density at radius 3 is 2.25 bits per heavy atom. The SMILES string of the molecule is COc1ccccc1C(C)NC(=O)CN(c1ccccc1C)S(=O)(=O)c1ccc(C)cc1. The predicted molar refractivity (Wildman–Crippen MR) is 126 cm³/mol. The van der Waals surface area contributed by atoms with Gasteiger partial charge in [-0.05, 0) is 50.6 Å². The van der Waals surface area contributed by atoms with E-state index in [1.165, 1.54) is 0 Å². The number of para-hydroxylation sites is 2. The minimum Gasteiger partial charge on any atom is -0.496 e. The van der Waals surface area contributed by atoms with E-state index in [-0.39, 0.29) is 17.5 Å². The molecule has 6 nitrogen and oxygen atoms in total. The van der Waals surface area contributed by atoms with Crippen molar-refractivity contribution in [2.45, 2.75) is 31.7 Å². The maximum Gasteiger partial charge on any atom is 0.264 e. The number of sulfonamides is 1. The molecule has 0 radical (unpaired) electrons. The van der Waals surface area contributed by atoms with Crippen LogP contribution in [0.25, 0.3) is 0 Å². The molecule has 1 atom stereocenters. The molecule has 0 saturated carbocycles. The molecule has 0 fully saturated rings. The van der Waals surface area contributed by atoms with Gasteiger partial charge in [-0.3, -0.25) is 9.10 Å². The molecular formula is C25H28N2O4S. The van der Waals surface area contributed by atoms with E-state index >= 15 is 0 Å². The number of ether oxygens (including phenoxy) is 1. The Labute approximate surface area is 189 Å². The number of methoxy groups -OCH3 is 1. The molecule has 1 N–H and O–H groups in total. The minimum absolute atomic E-state index is 0.136. The number of benzene rings is 3. The van der Waals surface area contributed by atoms with Gasteiger partial charge in [0.05, 0.1) is 23.7 Å². The van der Waals surface area contributed by atoms with Crippen molar-refractivity contribution in [2.24, 2.45) is 0 Å². The van der Waals surface area contributed by atoms with Crippen LogP contribution in [0.3, 0.4) is 0 Å². The zero-order valence-corrected chi connectivity index (χ0v) is 19.5. The predicted octanol–water partition coefficient (Wildman–Crippen LogP) is 4.38. The summed E-state index contributed by atoms with van der Waals surface area (Å²) in [6, 6.07) is 20.8. The number of rotatable bonds is 8. The summed E-state index contributed by atoms with van der Waals surface area (Å²) in [7, 11) is -2.38. The molecule has 3 aromatic carbocycles. The highest BCUT2D eigenvalue weighted by Crippen LogP contribution is 2.28. The molecule has 0 heterocycles. The van der Waals surface area contributed by atoms with Crippen molar-refractivity contribution in [3.63, 3.8) is 0 Å². The van der Waals surface area contributed by atoms with Crippen LogP contribution in [-0.2, 0) is 14.8 Å². The second-order valence-electron chi connectivity index (χ2n) is 7.64. The van der Waals surface area contributed by atoms with Crippen LogP contribution in [0.1, 0.15) is 29.7 Å². The first-order valence-corrected chi connectivity index (χ1v) is 11.8. The zero-order chi connectivity index (χ0) is 23.3. The van der Waals surface area contributed by atoms with Crippen molar-refractivity contribution >= 4 is 21.6 Å². The minimum atomic E-state index is -3.95. The molecule has 3 aromatic rings. The maximum absolute atomic E-state index is 13.5. The Morgan fingerprint density at radius 2 is 1.59 bits per heavy atom. The van der Waals surface area contributed by atoms with Crippen LogP contribution in [0, 0.1) is 13.8 Å². The lowest BCUT2D eigenvalue weighted by atomic mass is 10.1. The Kier molecular flexibility index (Phi) is 7.20. The lowest BCUT2D eigenvalue weighted by molar-refractivity contribution is -0.120. The summed E-state index contributed by atoms with van der Waals surface area (Å²) in [5.74, 6) is 0.241. The van der Waals surface area contributed by atoms with E-state index in [2.05, 4.69) is 5.32 Å². The first-order chi connectivity index (χ1) is 15.2. The molecule has 1 amide bonds. The van der Waals surface area contributed by atoms with Gasteiger partial charge in [0.25, 0.3) is 10.0 Å². The molecule has 0 aliphatic heterocycles. The van der Waals surface area contributed by atoms with Crippen molar-refractivity contribution in [3.8, 4) is 5.75 Å². The standard InChI is InChI=1S/C25H28N2O4S/c1-18-13-15-21(16-14-18)32(29,30)27(23-11-7-5-9-19(23)2)17-25(28)26-20(3)22-10-6-8-12-24(22)31-4/h5-16,20H,17H2,1-4H3,(H,26,28). The molecule has 3 rings (SSSR count). The number of anilines is 1. The Balaban J connectivity index is 1.92. The second kappa shape index (κ2) is 9.87. The molecule has 0 aliphatic rings. The first kappa shape index (κ1) is 23.3. The smallest absolute Gasteiger partial charge is 0.264 e. The van der Waals surface area contributed by atoms with Gasteiger partial charge in [0, 0.05) is 5.56 Å². The molecule has 1 unspecified atom stereocenters. The van der Waals surface area contributed by atoms with Crippen LogP contribution in [0.2, 0.25) is 0 Å². The third-order valence-electron chi connectivity index (χ3n) is 5.26. The molecular weight excluding hydrogens is 424 g/mol. The van der Waals surface area contributed by atoms with Crippen LogP contribution >= 0.6 is 0 Å². The maximum atomic E-state index is 13.5. The number of nitrogens with one attached hydrogen (secondary N) is 1. The summed E-state index contributed by atoms with van der Waals surface area (Å²) in [6.45, 7) is 5.20. The molecule has 0 bridgehead atoms. The second-order valence-corrected chi connectivity index (χ2v) is 9.50. The van der Waals surface area contributed by atoms with Gasteiger partial charge in [0.15, 0.2) is 0 Å². The molecule has 0 saturated heterocycles. The highest BCUT2D eigenvalue weighted by molar-refractivity contribution is 7.92. The quantitative estimate of drug-likeness (QED) is 0.550. The monoisotopic (exact) mass is 452 g/mol. The number of hydrogen-bond donors (Lipinski definition) is 1. The van der Waals surface area contributed by atoms with E-state index < -0.39 is 15.9 Å². The third-order valence-corrected chi connectivity index (χ3v) is 7.04. The number of carbonyl (C=O) groups is 1. The zero-order valence-electron chi connectivity index (χ0n) is 18.7. The topological polar surface area (TPSA) is 75.7 Å². The van der Waals surface area contributed by atoms with Gasteiger partial charge in [-0.25, -0.2) is 8.42 Å². The van der Waals surface area contributed by atoms with Crippen LogP contribution in [-0.4, -0.2) is 28.0 Å².